The van der Waals surface area contributed by atoms with Crippen molar-refractivity contribution in [2.24, 2.45) is 0 Å². The lowest BCUT2D eigenvalue weighted by Crippen LogP contribution is -2.16. The molecule has 26 heavy (non-hydrogen) atoms. The van der Waals surface area contributed by atoms with Gasteiger partial charge in [0.25, 0.3) is 5.91 Å². The molecule has 1 N–H and O–H groups in total. The standard InChI is InChI=1S/C19H17FN2O3S/c20-13-5-8-16-17(10-13)26-19(21-16)22-18(23)12-3-6-14(7-4-12)25-11-15-2-1-9-24-15/h3-8,10,15H,1-2,9,11H2,(H,21,22,23)/t15-/m1/s1. The maximum Gasteiger partial charge on any atom is 0.257 e. The minimum absolute atomic E-state index is 0.154. The van der Waals surface area contributed by atoms with E-state index in [4.69, 9.17) is 9.47 Å². The van der Waals surface area contributed by atoms with Gasteiger partial charge in [-0.3, -0.25) is 10.1 Å². The summed E-state index contributed by atoms with van der Waals surface area (Å²) in [5.74, 6) is 0.111. The van der Waals surface area contributed by atoms with Crippen molar-refractivity contribution in [3.8, 4) is 5.75 Å². The van der Waals surface area contributed by atoms with E-state index in [1.54, 1.807) is 30.3 Å². The van der Waals surface area contributed by atoms with E-state index >= 15 is 0 Å². The number of thiazole rings is 1. The van der Waals surface area contributed by atoms with Crippen molar-refractivity contribution in [2.45, 2.75) is 18.9 Å². The van der Waals surface area contributed by atoms with Crippen LogP contribution >= 0.6 is 11.3 Å². The van der Waals surface area contributed by atoms with Crippen molar-refractivity contribution in [3.05, 3.63) is 53.8 Å². The summed E-state index contributed by atoms with van der Waals surface area (Å²) in [6.07, 6.45) is 2.25. The van der Waals surface area contributed by atoms with E-state index in [9.17, 15) is 9.18 Å². The molecule has 5 nitrogen and oxygen atoms in total. The van der Waals surface area contributed by atoms with Crippen LogP contribution in [0.2, 0.25) is 0 Å². The van der Waals surface area contributed by atoms with Gasteiger partial charge in [-0.25, -0.2) is 9.37 Å². The van der Waals surface area contributed by atoms with Gasteiger partial charge in [0.2, 0.25) is 0 Å². The number of aromatic nitrogens is 1. The van der Waals surface area contributed by atoms with Crippen LogP contribution in [0.4, 0.5) is 9.52 Å². The Hall–Kier alpha value is -2.51. The van der Waals surface area contributed by atoms with Gasteiger partial charge in [-0.2, -0.15) is 0 Å². The van der Waals surface area contributed by atoms with Crippen LogP contribution in [-0.4, -0.2) is 30.2 Å². The van der Waals surface area contributed by atoms with Gasteiger partial charge >= 0.3 is 0 Å². The van der Waals surface area contributed by atoms with E-state index in [1.165, 1.54) is 23.5 Å². The topological polar surface area (TPSA) is 60.5 Å². The summed E-state index contributed by atoms with van der Waals surface area (Å²) in [7, 11) is 0. The molecule has 1 amide bonds. The maximum atomic E-state index is 13.2. The lowest BCUT2D eigenvalue weighted by atomic mass is 10.2. The Morgan fingerprint density at radius 2 is 2.15 bits per heavy atom. The van der Waals surface area contributed by atoms with Crippen LogP contribution in [0.25, 0.3) is 10.2 Å². The first-order chi connectivity index (χ1) is 12.7. The number of halogens is 1. The zero-order valence-electron chi connectivity index (χ0n) is 13.9. The molecule has 7 heteroatoms. The Morgan fingerprint density at radius 1 is 1.31 bits per heavy atom. The van der Waals surface area contributed by atoms with Gasteiger partial charge in [0.1, 0.15) is 18.2 Å². The highest BCUT2D eigenvalue weighted by molar-refractivity contribution is 7.22. The van der Waals surface area contributed by atoms with Crippen molar-refractivity contribution in [3.63, 3.8) is 0 Å². The number of carbonyl (C=O) groups excluding carboxylic acids is 1. The van der Waals surface area contributed by atoms with Crippen LogP contribution < -0.4 is 10.1 Å². The van der Waals surface area contributed by atoms with Crippen molar-refractivity contribution in [1.29, 1.82) is 0 Å². The zero-order chi connectivity index (χ0) is 17.9. The fourth-order valence-corrected chi connectivity index (χ4v) is 3.67. The predicted octanol–water partition coefficient (Wildman–Crippen LogP) is 4.25. The van der Waals surface area contributed by atoms with Gasteiger partial charge in [-0.15, -0.1) is 0 Å². The first-order valence-corrected chi connectivity index (χ1v) is 9.21. The van der Waals surface area contributed by atoms with Gasteiger partial charge in [0.15, 0.2) is 5.13 Å². The third-order valence-electron chi connectivity index (χ3n) is 4.15. The van der Waals surface area contributed by atoms with Crippen molar-refractivity contribution >= 4 is 32.6 Å². The van der Waals surface area contributed by atoms with E-state index < -0.39 is 0 Å². The molecule has 1 atom stereocenters. The molecule has 0 saturated carbocycles. The van der Waals surface area contributed by atoms with Crippen molar-refractivity contribution < 1.29 is 18.7 Å². The van der Waals surface area contributed by atoms with E-state index in [2.05, 4.69) is 10.3 Å². The summed E-state index contributed by atoms with van der Waals surface area (Å²) >= 11 is 1.24. The molecular weight excluding hydrogens is 355 g/mol. The highest BCUT2D eigenvalue weighted by atomic mass is 32.1. The van der Waals surface area contributed by atoms with Gasteiger partial charge in [-0.1, -0.05) is 11.3 Å². The summed E-state index contributed by atoms with van der Waals surface area (Å²) in [5, 5.41) is 3.19. The number of hydrogen-bond acceptors (Lipinski definition) is 5. The third kappa shape index (κ3) is 3.84. The Labute approximate surface area is 153 Å². The van der Waals surface area contributed by atoms with E-state index in [0.29, 0.717) is 33.3 Å². The number of carbonyl (C=O) groups is 1. The van der Waals surface area contributed by atoms with E-state index in [0.717, 1.165) is 19.4 Å². The molecule has 1 aliphatic rings. The van der Waals surface area contributed by atoms with Gasteiger partial charge in [0.05, 0.1) is 16.3 Å². The van der Waals surface area contributed by atoms with Gasteiger partial charge < -0.3 is 9.47 Å². The lowest BCUT2D eigenvalue weighted by Gasteiger charge is -2.11. The number of rotatable bonds is 5. The average molecular weight is 372 g/mol. The molecule has 0 spiro atoms. The quantitative estimate of drug-likeness (QED) is 0.728. The largest absolute Gasteiger partial charge is 0.491 e. The monoisotopic (exact) mass is 372 g/mol. The third-order valence-corrected chi connectivity index (χ3v) is 5.08. The van der Waals surface area contributed by atoms with Crippen molar-refractivity contribution in [1.82, 2.24) is 4.98 Å². The van der Waals surface area contributed by atoms with Crippen LogP contribution in [0.3, 0.4) is 0 Å². The molecule has 0 bridgehead atoms. The number of nitrogens with one attached hydrogen (secondary N) is 1. The number of fused-ring (bicyclic) bond motifs is 1. The predicted molar refractivity (Wildman–Crippen MR) is 98.4 cm³/mol. The zero-order valence-corrected chi connectivity index (χ0v) is 14.7. The first-order valence-electron chi connectivity index (χ1n) is 8.39. The average Bonchev–Trinajstić information content (AvgIpc) is 3.29. The smallest absolute Gasteiger partial charge is 0.257 e. The molecular formula is C19H17FN2O3S. The molecule has 1 saturated heterocycles. The fraction of sp³-hybridized carbons (Fsp3) is 0.263. The Morgan fingerprint density at radius 3 is 2.92 bits per heavy atom. The number of hydrogen-bond donors (Lipinski definition) is 1. The molecule has 0 aliphatic carbocycles. The van der Waals surface area contributed by atoms with Crippen LogP contribution in [0.15, 0.2) is 42.5 Å². The van der Waals surface area contributed by atoms with Crippen LogP contribution in [0.1, 0.15) is 23.2 Å². The highest BCUT2D eigenvalue weighted by Crippen LogP contribution is 2.27. The summed E-state index contributed by atoms with van der Waals surface area (Å²) < 4.78 is 25.1. The van der Waals surface area contributed by atoms with Crippen molar-refractivity contribution in [2.75, 3.05) is 18.5 Å². The number of ether oxygens (including phenoxy) is 2. The molecule has 2 aromatic carbocycles. The Balaban J connectivity index is 1.38. The minimum atomic E-state index is -0.322. The fourth-order valence-electron chi connectivity index (χ4n) is 2.79. The number of nitrogens with zero attached hydrogens (tertiary/aromatic N) is 1. The van der Waals surface area contributed by atoms with Crippen LogP contribution in [0.5, 0.6) is 5.75 Å². The minimum Gasteiger partial charge on any atom is -0.491 e. The second-order valence-electron chi connectivity index (χ2n) is 6.06. The summed E-state index contributed by atoms with van der Waals surface area (Å²) in [4.78, 5) is 16.6. The highest BCUT2D eigenvalue weighted by Gasteiger charge is 2.16. The summed E-state index contributed by atoms with van der Waals surface area (Å²) in [6.45, 7) is 1.32. The molecule has 3 aromatic rings. The number of amides is 1. The Bertz CT molecular complexity index is 920. The SMILES string of the molecule is O=C(Nc1nc2ccc(F)cc2s1)c1ccc(OC[C@H]2CCCO2)cc1. The molecule has 134 valence electrons. The Kier molecular flexibility index (Phi) is 4.81. The van der Waals surface area contributed by atoms with E-state index in [-0.39, 0.29) is 17.8 Å². The van der Waals surface area contributed by atoms with Crippen LogP contribution in [-0.2, 0) is 4.74 Å². The molecule has 1 aliphatic heterocycles. The van der Waals surface area contributed by atoms with Gasteiger partial charge in [0, 0.05) is 12.2 Å². The van der Waals surface area contributed by atoms with Gasteiger partial charge in [-0.05, 0) is 55.3 Å². The normalized spacial score (nSPS) is 16.7. The van der Waals surface area contributed by atoms with E-state index in [1.807, 2.05) is 0 Å². The molecule has 0 radical (unpaired) electrons. The number of anilines is 1. The molecule has 4 rings (SSSR count). The van der Waals surface area contributed by atoms with Crippen LogP contribution in [0, 0.1) is 5.82 Å². The first kappa shape index (κ1) is 16.9. The molecule has 2 heterocycles. The second kappa shape index (κ2) is 7.39. The molecule has 0 unspecified atom stereocenters. The maximum absolute atomic E-state index is 13.2. The summed E-state index contributed by atoms with van der Waals surface area (Å²) in [5.41, 5.74) is 1.16. The summed E-state index contributed by atoms with van der Waals surface area (Å²) in [6, 6.07) is 11.3. The molecule has 1 fully saturated rings. The second-order valence-corrected chi connectivity index (χ2v) is 7.09. The number of benzene rings is 2. The lowest BCUT2D eigenvalue weighted by molar-refractivity contribution is 0.0679. The molecule has 1 aromatic heterocycles.